The number of hydrogen-bond donors (Lipinski definition) is 1. The number of amides is 1. The second-order valence-corrected chi connectivity index (χ2v) is 6.44. The molecular weight excluding hydrogens is 278 g/mol. The van der Waals surface area contributed by atoms with Gasteiger partial charge in [-0.3, -0.25) is 9.69 Å². The van der Waals surface area contributed by atoms with Crippen molar-refractivity contribution >= 4 is 5.91 Å². The largest absolute Gasteiger partial charge is 0.378 e. The van der Waals surface area contributed by atoms with Crippen LogP contribution in [0.4, 0.5) is 0 Å². The van der Waals surface area contributed by atoms with Gasteiger partial charge < -0.3 is 14.6 Å². The van der Waals surface area contributed by atoms with Crippen molar-refractivity contribution in [1.82, 2.24) is 14.8 Å². The molecule has 5 heteroatoms. The zero-order valence-electron chi connectivity index (χ0n) is 13.5. The Morgan fingerprint density at radius 1 is 1.41 bits per heavy atom. The maximum absolute atomic E-state index is 12.1. The van der Waals surface area contributed by atoms with Gasteiger partial charge in [-0.2, -0.15) is 0 Å². The summed E-state index contributed by atoms with van der Waals surface area (Å²) in [5.41, 5.74) is 1.28. The summed E-state index contributed by atoms with van der Waals surface area (Å²) in [6.45, 7) is 4.05. The van der Waals surface area contributed by atoms with E-state index in [9.17, 15) is 4.79 Å². The summed E-state index contributed by atoms with van der Waals surface area (Å²) < 4.78 is 7.81. The van der Waals surface area contributed by atoms with Crippen LogP contribution in [0.1, 0.15) is 37.4 Å². The second-order valence-electron chi connectivity index (χ2n) is 6.44. The van der Waals surface area contributed by atoms with Gasteiger partial charge in [-0.15, -0.1) is 0 Å². The van der Waals surface area contributed by atoms with Crippen LogP contribution in [0, 0.1) is 5.92 Å². The molecule has 3 rings (SSSR count). The number of nitrogens with one attached hydrogen (secondary N) is 1. The first kappa shape index (κ1) is 15.6. The molecule has 2 heterocycles. The molecule has 22 heavy (non-hydrogen) atoms. The third kappa shape index (κ3) is 3.52. The fraction of sp³-hybridized carbons (Fsp3) is 0.706. The van der Waals surface area contributed by atoms with Gasteiger partial charge in [0.25, 0.3) is 0 Å². The van der Waals surface area contributed by atoms with E-state index in [1.165, 1.54) is 18.5 Å². The molecule has 122 valence electrons. The summed E-state index contributed by atoms with van der Waals surface area (Å²) >= 11 is 0. The van der Waals surface area contributed by atoms with Crippen LogP contribution in [0.15, 0.2) is 18.3 Å². The van der Waals surface area contributed by atoms with Crippen molar-refractivity contribution < 1.29 is 9.53 Å². The SMILES string of the molecule is Cn1cccc1[C@@H]1COCCN1CCNC(=O)C1CCCC1. The Labute approximate surface area is 132 Å². The lowest BCUT2D eigenvalue weighted by Crippen LogP contribution is -2.44. The summed E-state index contributed by atoms with van der Waals surface area (Å²) in [4.78, 5) is 14.5. The standard InChI is InChI=1S/C17H27N3O2/c1-19-9-4-7-15(19)16-13-22-12-11-20(16)10-8-18-17(21)14-5-2-3-6-14/h4,7,9,14,16H,2-3,5-6,8,10-13H2,1H3,(H,18,21)/t16-/m0/s1. The summed E-state index contributed by atoms with van der Waals surface area (Å²) in [5.74, 6) is 0.509. The molecule has 0 radical (unpaired) electrons. The number of hydrogen-bond acceptors (Lipinski definition) is 3. The van der Waals surface area contributed by atoms with Gasteiger partial charge in [0.15, 0.2) is 0 Å². The monoisotopic (exact) mass is 305 g/mol. The normalized spacial score (nSPS) is 23.8. The first-order chi connectivity index (χ1) is 10.8. The van der Waals surface area contributed by atoms with E-state index in [1.807, 2.05) is 0 Å². The molecule has 0 spiro atoms. The molecule has 1 aliphatic heterocycles. The molecule has 1 amide bonds. The lowest BCUT2D eigenvalue weighted by Gasteiger charge is -2.36. The second kappa shape index (κ2) is 7.29. The molecular formula is C17H27N3O2. The summed E-state index contributed by atoms with van der Waals surface area (Å²) in [7, 11) is 2.07. The maximum Gasteiger partial charge on any atom is 0.223 e. The molecule has 1 aromatic heterocycles. The highest BCUT2D eigenvalue weighted by Gasteiger charge is 2.27. The molecule has 1 aromatic rings. The zero-order valence-corrected chi connectivity index (χ0v) is 13.5. The van der Waals surface area contributed by atoms with Crippen LogP contribution >= 0.6 is 0 Å². The Kier molecular flexibility index (Phi) is 5.16. The molecule has 0 unspecified atom stereocenters. The molecule has 2 fully saturated rings. The van der Waals surface area contributed by atoms with Gasteiger partial charge in [0, 0.05) is 44.5 Å². The predicted molar refractivity (Wildman–Crippen MR) is 85.5 cm³/mol. The highest BCUT2D eigenvalue weighted by Crippen LogP contribution is 2.25. The van der Waals surface area contributed by atoms with Crippen LogP contribution in [0.2, 0.25) is 0 Å². The highest BCUT2D eigenvalue weighted by molar-refractivity contribution is 5.78. The minimum absolute atomic E-state index is 0.251. The number of nitrogens with zero attached hydrogens (tertiary/aromatic N) is 2. The van der Waals surface area contributed by atoms with E-state index < -0.39 is 0 Å². The first-order valence-corrected chi connectivity index (χ1v) is 8.46. The summed E-state index contributed by atoms with van der Waals surface area (Å²) in [6, 6.07) is 4.52. The number of ether oxygens (including phenoxy) is 1. The Hall–Kier alpha value is -1.33. The molecule has 5 nitrogen and oxygen atoms in total. The van der Waals surface area contributed by atoms with Gasteiger partial charge in [-0.25, -0.2) is 0 Å². The van der Waals surface area contributed by atoms with Crippen LogP contribution in [-0.4, -0.2) is 48.2 Å². The van der Waals surface area contributed by atoms with Gasteiger partial charge in [0.1, 0.15) is 0 Å². The molecule has 1 aliphatic carbocycles. The van der Waals surface area contributed by atoms with Crippen molar-refractivity contribution in [3.8, 4) is 0 Å². The lowest BCUT2D eigenvalue weighted by atomic mass is 10.1. The van der Waals surface area contributed by atoms with E-state index in [-0.39, 0.29) is 17.9 Å². The molecule has 2 aliphatic rings. The van der Waals surface area contributed by atoms with Crippen LogP contribution in [-0.2, 0) is 16.6 Å². The zero-order chi connectivity index (χ0) is 15.4. The minimum atomic E-state index is 0.251. The van der Waals surface area contributed by atoms with Crippen LogP contribution in [0.25, 0.3) is 0 Å². The molecule has 1 atom stereocenters. The smallest absolute Gasteiger partial charge is 0.223 e. The van der Waals surface area contributed by atoms with E-state index in [0.717, 1.165) is 45.7 Å². The average molecular weight is 305 g/mol. The number of carbonyl (C=O) groups is 1. The third-order valence-electron chi connectivity index (χ3n) is 4.99. The first-order valence-electron chi connectivity index (χ1n) is 8.46. The molecule has 0 aromatic carbocycles. The number of aryl methyl sites for hydroxylation is 1. The predicted octanol–water partition coefficient (Wildman–Crippen LogP) is 1.70. The van der Waals surface area contributed by atoms with Crippen molar-refractivity contribution in [2.75, 3.05) is 32.8 Å². The minimum Gasteiger partial charge on any atom is -0.378 e. The van der Waals surface area contributed by atoms with E-state index in [2.05, 4.69) is 40.2 Å². The topological polar surface area (TPSA) is 46.5 Å². The van der Waals surface area contributed by atoms with E-state index >= 15 is 0 Å². The number of carbonyl (C=O) groups excluding carboxylic acids is 1. The maximum atomic E-state index is 12.1. The Bertz CT molecular complexity index is 494. The summed E-state index contributed by atoms with van der Waals surface area (Å²) in [5, 5.41) is 3.12. The Morgan fingerprint density at radius 3 is 2.95 bits per heavy atom. The molecule has 0 bridgehead atoms. The Balaban J connectivity index is 1.51. The number of morpholine rings is 1. The van der Waals surface area contributed by atoms with Crippen LogP contribution in [0.3, 0.4) is 0 Å². The van der Waals surface area contributed by atoms with Crippen molar-refractivity contribution in [2.45, 2.75) is 31.7 Å². The third-order valence-corrected chi connectivity index (χ3v) is 4.99. The highest BCUT2D eigenvalue weighted by atomic mass is 16.5. The van der Waals surface area contributed by atoms with Crippen molar-refractivity contribution in [3.05, 3.63) is 24.0 Å². The molecule has 1 saturated heterocycles. The number of rotatable bonds is 5. The van der Waals surface area contributed by atoms with Gasteiger partial charge in [0.05, 0.1) is 19.3 Å². The van der Waals surface area contributed by atoms with Gasteiger partial charge in [-0.1, -0.05) is 12.8 Å². The molecule has 1 N–H and O–H groups in total. The van der Waals surface area contributed by atoms with Gasteiger partial charge in [-0.05, 0) is 25.0 Å². The van der Waals surface area contributed by atoms with Crippen molar-refractivity contribution in [2.24, 2.45) is 13.0 Å². The average Bonchev–Trinajstić information content (AvgIpc) is 3.19. The Morgan fingerprint density at radius 2 is 2.23 bits per heavy atom. The van der Waals surface area contributed by atoms with E-state index in [4.69, 9.17) is 4.74 Å². The molecule has 1 saturated carbocycles. The lowest BCUT2D eigenvalue weighted by molar-refractivity contribution is -0.124. The fourth-order valence-electron chi connectivity index (χ4n) is 3.65. The van der Waals surface area contributed by atoms with Gasteiger partial charge >= 0.3 is 0 Å². The summed E-state index contributed by atoms with van der Waals surface area (Å²) in [6.07, 6.45) is 6.61. The van der Waals surface area contributed by atoms with Crippen LogP contribution < -0.4 is 5.32 Å². The van der Waals surface area contributed by atoms with Crippen LogP contribution in [0.5, 0.6) is 0 Å². The fourth-order valence-corrected chi connectivity index (χ4v) is 3.65. The van der Waals surface area contributed by atoms with Crippen molar-refractivity contribution in [3.63, 3.8) is 0 Å². The van der Waals surface area contributed by atoms with E-state index in [0.29, 0.717) is 0 Å². The van der Waals surface area contributed by atoms with E-state index in [1.54, 1.807) is 0 Å². The van der Waals surface area contributed by atoms with Crippen molar-refractivity contribution in [1.29, 1.82) is 0 Å². The van der Waals surface area contributed by atoms with Gasteiger partial charge in [0.2, 0.25) is 5.91 Å². The quantitative estimate of drug-likeness (QED) is 0.901. The number of aromatic nitrogens is 1.